The zero-order chi connectivity index (χ0) is 4.50. The summed E-state index contributed by atoms with van der Waals surface area (Å²) in [4.78, 5) is 0. The van der Waals surface area contributed by atoms with E-state index in [0.29, 0.717) is 0 Å². The Morgan fingerprint density at radius 2 is 1.40 bits per heavy atom. The van der Waals surface area contributed by atoms with Gasteiger partial charge in [-0.2, -0.15) is 0 Å². The molecule has 0 radical (unpaired) electrons. The van der Waals surface area contributed by atoms with E-state index in [-0.39, 0.29) is 1.43 Å². The molecule has 0 nitrogen and oxygen atoms in total. The summed E-state index contributed by atoms with van der Waals surface area (Å²) in [5.41, 5.74) is -2.06. The maximum Gasteiger partial charge on any atom is 1.00 e. The topological polar surface area (TPSA) is 0 Å². The molecule has 0 aliphatic carbocycles. The molecule has 0 unspecified atom stereocenters. The molecule has 0 atom stereocenters. The molecular formula is H4Cl3Si2+. The first-order valence-electron chi connectivity index (χ1n) is 1.07. The van der Waals surface area contributed by atoms with Gasteiger partial charge in [0, 0.05) is 0 Å². The predicted octanol–water partition coefficient (Wildman–Crippen LogP) is 0.616. The molecule has 0 rings (SSSR count). The molecule has 32 valence electrons. The lowest BCUT2D eigenvalue weighted by atomic mass is 26.9. The van der Waals surface area contributed by atoms with Gasteiger partial charge in [-0.25, -0.2) is 0 Å². The fourth-order valence-corrected chi connectivity index (χ4v) is 0. The highest BCUT2D eigenvalue weighted by Gasteiger charge is 2.13. The van der Waals surface area contributed by atoms with E-state index >= 15 is 0 Å². The fraction of sp³-hybridized carbons (Fsp3) is 0. The third kappa shape index (κ3) is 34.1. The monoisotopic (exact) mass is 165 g/mol. The summed E-state index contributed by atoms with van der Waals surface area (Å²) < 4.78 is 0. The van der Waals surface area contributed by atoms with Crippen molar-refractivity contribution in [3.63, 3.8) is 0 Å². The molecule has 0 aromatic carbocycles. The van der Waals surface area contributed by atoms with Crippen molar-refractivity contribution < 1.29 is 1.43 Å². The van der Waals surface area contributed by atoms with Crippen LogP contribution in [0.1, 0.15) is 1.43 Å². The highest BCUT2D eigenvalue weighted by Crippen LogP contribution is 2.12. The molecule has 0 saturated heterocycles. The van der Waals surface area contributed by atoms with Gasteiger partial charge in [0.25, 0.3) is 0 Å². The van der Waals surface area contributed by atoms with Crippen molar-refractivity contribution in [1.29, 1.82) is 0 Å². The Morgan fingerprint density at radius 3 is 1.40 bits per heavy atom. The van der Waals surface area contributed by atoms with Crippen LogP contribution in [-0.2, 0) is 0 Å². The zero-order valence-corrected chi connectivity index (χ0v) is 7.90. The standard InChI is InChI=1S/Cl3H3Si2/c1-5(2,3)4/h4H3/p+1. The fourth-order valence-electron chi connectivity index (χ4n) is 0. The van der Waals surface area contributed by atoms with Crippen LogP contribution in [0.2, 0.25) is 0 Å². The summed E-state index contributed by atoms with van der Waals surface area (Å²) in [7, 11) is 0.743. The Morgan fingerprint density at radius 1 is 1.40 bits per heavy atom. The molecule has 0 saturated carbocycles. The predicted molar refractivity (Wildman–Crippen MR) is 34.4 cm³/mol. The average molecular weight is 167 g/mol. The minimum atomic E-state index is -2.06. The van der Waals surface area contributed by atoms with Crippen molar-refractivity contribution >= 4 is 48.5 Å². The number of rotatable bonds is 0. The molecule has 0 aliphatic heterocycles. The van der Waals surface area contributed by atoms with E-state index in [2.05, 4.69) is 0 Å². The van der Waals surface area contributed by atoms with Crippen molar-refractivity contribution in [3.8, 4) is 0 Å². The minimum Gasteiger partial charge on any atom is -0.131 e. The molecule has 5 heavy (non-hydrogen) atoms. The Bertz CT molecular complexity index is 24.3. The maximum absolute atomic E-state index is 5.26. The third-order valence-electron chi connectivity index (χ3n) is 0. The molecular weight excluding hydrogens is 163 g/mol. The summed E-state index contributed by atoms with van der Waals surface area (Å²) in [6.07, 6.45) is 0. The van der Waals surface area contributed by atoms with Crippen LogP contribution >= 0.6 is 33.2 Å². The SMILES string of the molecule is [H+].[SiH3][Si](Cl)(Cl)Cl. The molecule has 5 heteroatoms. The first-order valence-corrected chi connectivity index (χ1v) is 9.60. The minimum absolute atomic E-state index is 0. The molecule has 0 amide bonds. The summed E-state index contributed by atoms with van der Waals surface area (Å²) in [6, 6.07) is 0. The van der Waals surface area contributed by atoms with Crippen LogP contribution in [0.25, 0.3) is 0 Å². The summed E-state index contributed by atoms with van der Waals surface area (Å²) in [6.45, 7) is 0. The van der Waals surface area contributed by atoms with Crippen LogP contribution in [0.15, 0.2) is 0 Å². The Hall–Kier alpha value is 1.30. The van der Waals surface area contributed by atoms with Crippen molar-refractivity contribution in [2.45, 2.75) is 0 Å². The van der Waals surface area contributed by atoms with Crippen molar-refractivity contribution in [1.82, 2.24) is 0 Å². The summed E-state index contributed by atoms with van der Waals surface area (Å²) in [5, 5.41) is 0. The zero-order valence-electron chi connectivity index (χ0n) is 3.63. The van der Waals surface area contributed by atoms with Gasteiger partial charge in [0.1, 0.15) is 0 Å². The van der Waals surface area contributed by atoms with Gasteiger partial charge in [0.05, 0.1) is 9.76 Å². The lowest BCUT2D eigenvalue weighted by molar-refractivity contribution is 3.79. The van der Waals surface area contributed by atoms with Gasteiger partial charge < -0.3 is 0 Å². The molecule has 0 aromatic rings. The van der Waals surface area contributed by atoms with Gasteiger partial charge in [-0.1, -0.05) is 0 Å². The van der Waals surface area contributed by atoms with Gasteiger partial charge in [0.2, 0.25) is 0 Å². The summed E-state index contributed by atoms with van der Waals surface area (Å²) in [5.74, 6) is 0. The van der Waals surface area contributed by atoms with Crippen LogP contribution < -0.4 is 0 Å². The first-order chi connectivity index (χ1) is 2.00. The molecule has 0 heterocycles. The second-order valence-electron chi connectivity index (χ2n) is 0.781. The Balaban J connectivity index is 0. The van der Waals surface area contributed by atoms with Crippen LogP contribution in [0.3, 0.4) is 0 Å². The van der Waals surface area contributed by atoms with E-state index in [0.717, 1.165) is 9.76 Å². The van der Waals surface area contributed by atoms with Crippen LogP contribution in [-0.4, -0.2) is 15.3 Å². The second-order valence-corrected chi connectivity index (χ2v) is 21.1. The van der Waals surface area contributed by atoms with Crippen LogP contribution in [0.4, 0.5) is 0 Å². The van der Waals surface area contributed by atoms with Crippen molar-refractivity contribution in [2.75, 3.05) is 0 Å². The highest BCUT2D eigenvalue weighted by atomic mass is 35.8. The molecule has 0 N–H and O–H groups in total. The normalized spacial score (nSPS) is 12.6. The van der Waals surface area contributed by atoms with Crippen LogP contribution in [0, 0.1) is 0 Å². The van der Waals surface area contributed by atoms with E-state index in [1.165, 1.54) is 0 Å². The van der Waals surface area contributed by atoms with Gasteiger partial charge >= 0.3 is 6.95 Å². The Labute approximate surface area is 50.2 Å². The summed E-state index contributed by atoms with van der Waals surface area (Å²) >= 11 is 15.8. The van der Waals surface area contributed by atoms with E-state index < -0.39 is 5.52 Å². The van der Waals surface area contributed by atoms with Gasteiger partial charge in [0.15, 0.2) is 0 Å². The number of halogens is 3. The molecule has 0 fully saturated rings. The van der Waals surface area contributed by atoms with Crippen LogP contribution in [0.5, 0.6) is 0 Å². The molecule has 0 aliphatic rings. The number of hydrogen-bond donors (Lipinski definition) is 0. The third-order valence-corrected chi connectivity index (χ3v) is 0. The van der Waals surface area contributed by atoms with Gasteiger partial charge in [-0.05, 0) is 0 Å². The molecule has 0 bridgehead atoms. The van der Waals surface area contributed by atoms with E-state index in [1.807, 2.05) is 0 Å². The lowest BCUT2D eigenvalue weighted by Gasteiger charge is -1.90. The number of hydrogen-bond acceptors (Lipinski definition) is 0. The van der Waals surface area contributed by atoms with E-state index in [9.17, 15) is 0 Å². The van der Waals surface area contributed by atoms with E-state index in [1.54, 1.807) is 0 Å². The molecule has 0 spiro atoms. The lowest BCUT2D eigenvalue weighted by Crippen LogP contribution is -2.06. The quantitative estimate of drug-likeness (QED) is 0.366. The Kier molecular flexibility index (Phi) is 2.32. The molecule has 0 aromatic heterocycles. The largest absolute Gasteiger partial charge is 1.00 e. The van der Waals surface area contributed by atoms with Gasteiger partial charge in [-0.3, -0.25) is 0 Å². The smallest absolute Gasteiger partial charge is 0.131 e. The highest BCUT2D eigenvalue weighted by molar-refractivity contribution is 7.79. The second kappa shape index (κ2) is 1.84. The van der Waals surface area contributed by atoms with Gasteiger partial charge in [-0.15, -0.1) is 33.2 Å². The average Bonchev–Trinajstić information content (AvgIpc) is 0.722. The van der Waals surface area contributed by atoms with Crippen molar-refractivity contribution in [3.05, 3.63) is 0 Å². The first kappa shape index (κ1) is 6.30. The van der Waals surface area contributed by atoms with E-state index in [4.69, 9.17) is 33.2 Å². The van der Waals surface area contributed by atoms with Crippen molar-refractivity contribution in [2.24, 2.45) is 0 Å². The maximum atomic E-state index is 5.26.